The lowest BCUT2D eigenvalue weighted by atomic mass is 10.1. The van der Waals surface area contributed by atoms with Crippen molar-refractivity contribution in [3.63, 3.8) is 0 Å². The number of pyridine rings is 1. The third-order valence-corrected chi connectivity index (χ3v) is 3.21. The van der Waals surface area contributed by atoms with Crippen molar-refractivity contribution < 1.29 is 19.1 Å². The van der Waals surface area contributed by atoms with Crippen molar-refractivity contribution in [3.8, 4) is 0 Å². The van der Waals surface area contributed by atoms with E-state index in [1.165, 1.54) is 7.11 Å². The molecule has 0 unspecified atom stereocenters. The van der Waals surface area contributed by atoms with Crippen LogP contribution in [0, 0.1) is 0 Å². The van der Waals surface area contributed by atoms with Crippen molar-refractivity contribution in [2.45, 2.75) is 0 Å². The maximum Gasteiger partial charge on any atom is 0.339 e. The lowest BCUT2D eigenvalue weighted by molar-refractivity contribution is 0.0602. The van der Waals surface area contributed by atoms with Gasteiger partial charge in [0, 0.05) is 13.7 Å². The molecular formula is C17H19N3O4. The van der Waals surface area contributed by atoms with Gasteiger partial charge >= 0.3 is 5.97 Å². The molecule has 0 aliphatic carbocycles. The van der Waals surface area contributed by atoms with Gasteiger partial charge in [-0.2, -0.15) is 0 Å². The van der Waals surface area contributed by atoms with E-state index in [-0.39, 0.29) is 11.3 Å². The minimum absolute atomic E-state index is 0.243. The quantitative estimate of drug-likeness (QED) is 0.598. The number of esters is 1. The molecule has 0 saturated heterocycles. The average Bonchev–Trinajstić information content (AvgIpc) is 2.62. The zero-order valence-electron chi connectivity index (χ0n) is 13.5. The Bertz CT molecular complexity index is 701. The molecule has 1 amide bonds. The third-order valence-electron chi connectivity index (χ3n) is 3.21. The zero-order chi connectivity index (χ0) is 17.4. The minimum Gasteiger partial charge on any atom is -0.465 e. The summed E-state index contributed by atoms with van der Waals surface area (Å²) in [6.07, 6.45) is 1.57. The number of amides is 1. The number of anilines is 2. The van der Waals surface area contributed by atoms with Gasteiger partial charge in [0.05, 0.1) is 36.9 Å². The highest BCUT2D eigenvalue weighted by atomic mass is 16.5. The molecule has 0 atom stereocenters. The summed E-state index contributed by atoms with van der Waals surface area (Å²) in [5.41, 5.74) is 1.69. The fourth-order valence-corrected chi connectivity index (χ4v) is 2.00. The number of hydrogen-bond acceptors (Lipinski definition) is 6. The molecule has 7 nitrogen and oxygen atoms in total. The van der Waals surface area contributed by atoms with Crippen LogP contribution in [-0.4, -0.2) is 44.2 Å². The summed E-state index contributed by atoms with van der Waals surface area (Å²) in [4.78, 5) is 28.1. The molecule has 0 fully saturated rings. The molecule has 0 aliphatic rings. The molecule has 0 spiro atoms. The Balaban J connectivity index is 2.06. The first kappa shape index (κ1) is 17.4. The molecule has 0 aliphatic heterocycles. The van der Waals surface area contributed by atoms with Gasteiger partial charge in [0.15, 0.2) is 0 Å². The Morgan fingerprint density at radius 2 is 1.92 bits per heavy atom. The summed E-state index contributed by atoms with van der Waals surface area (Å²) in [5, 5.41) is 5.78. The van der Waals surface area contributed by atoms with Gasteiger partial charge in [-0.25, -0.2) is 9.78 Å². The minimum atomic E-state index is -0.517. The van der Waals surface area contributed by atoms with Crippen LogP contribution in [0.3, 0.4) is 0 Å². The molecular weight excluding hydrogens is 310 g/mol. The van der Waals surface area contributed by atoms with Crippen LogP contribution in [0.15, 0.2) is 42.6 Å². The van der Waals surface area contributed by atoms with Crippen LogP contribution in [-0.2, 0) is 9.47 Å². The van der Waals surface area contributed by atoms with Crippen LogP contribution in [0.25, 0.3) is 0 Å². The number of aromatic nitrogens is 1. The number of nitrogens with zero attached hydrogens (tertiary/aromatic N) is 1. The lowest BCUT2D eigenvalue weighted by Gasteiger charge is -2.10. The van der Waals surface area contributed by atoms with E-state index >= 15 is 0 Å². The van der Waals surface area contributed by atoms with Crippen molar-refractivity contribution in [2.75, 3.05) is 38.0 Å². The fourth-order valence-electron chi connectivity index (χ4n) is 2.00. The van der Waals surface area contributed by atoms with Gasteiger partial charge in [0.1, 0.15) is 5.69 Å². The summed E-state index contributed by atoms with van der Waals surface area (Å²) in [6.45, 7) is 1.22. The molecule has 0 saturated carbocycles. The van der Waals surface area contributed by atoms with Gasteiger partial charge in [-0.3, -0.25) is 4.79 Å². The van der Waals surface area contributed by atoms with Crippen molar-refractivity contribution in [2.24, 2.45) is 0 Å². The van der Waals surface area contributed by atoms with E-state index in [1.807, 2.05) is 0 Å². The molecule has 1 aromatic carbocycles. The highest BCUT2D eigenvalue weighted by Crippen LogP contribution is 2.17. The van der Waals surface area contributed by atoms with Crippen LogP contribution in [0.2, 0.25) is 0 Å². The van der Waals surface area contributed by atoms with Crippen molar-refractivity contribution in [3.05, 3.63) is 53.9 Å². The third kappa shape index (κ3) is 4.53. The normalized spacial score (nSPS) is 10.1. The summed E-state index contributed by atoms with van der Waals surface area (Å²) in [7, 11) is 2.91. The maximum atomic E-state index is 12.3. The number of hydrogen-bond donors (Lipinski definition) is 2. The van der Waals surface area contributed by atoms with E-state index < -0.39 is 11.9 Å². The van der Waals surface area contributed by atoms with E-state index in [0.29, 0.717) is 18.8 Å². The lowest BCUT2D eigenvalue weighted by Crippen LogP contribution is -2.16. The second-order valence-corrected chi connectivity index (χ2v) is 4.84. The predicted octanol–water partition coefficient (Wildman–Crippen LogP) is 2.18. The van der Waals surface area contributed by atoms with Crippen molar-refractivity contribution in [1.29, 1.82) is 0 Å². The fraction of sp³-hybridized carbons (Fsp3) is 0.235. The van der Waals surface area contributed by atoms with Gasteiger partial charge in [-0.1, -0.05) is 12.1 Å². The monoisotopic (exact) mass is 329 g/mol. The van der Waals surface area contributed by atoms with E-state index in [9.17, 15) is 9.59 Å². The predicted molar refractivity (Wildman–Crippen MR) is 90.3 cm³/mol. The molecule has 24 heavy (non-hydrogen) atoms. The van der Waals surface area contributed by atoms with Crippen LogP contribution >= 0.6 is 0 Å². The number of carbonyl (C=O) groups is 2. The smallest absolute Gasteiger partial charge is 0.339 e. The van der Waals surface area contributed by atoms with Gasteiger partial charge < -0.3 is 20.1 Å². The summed E-state index contributed by atoms with van der Waals surface area (Å²) in [5.74, 6) is -0.925. The largest absolute Gasteiger partial charge is 0.465 e. The molecule has 2 aromatic rings. The first-order valence-corrected chi connectivity index (χ1v) is 7.33. The van der Waals surface area contributed by atoms with Gasteiger partial charge in [0.25, 0.3) is 5.91 Å². The Morgan fingerprint density at radius 3 is 2.58 bits per heavy atom. The molecule has 126 valence electrons. The molecule has 2 rings (SSSR count). The number of methoxy groups -OCH3 is 2. The van der Waals surface area contributed by atoms with Crippen LogP contribution in [0.4, 0.5) is 11.4 Å². The topological polar surface area (TPSA) is 89.6 Å². The summed E-state index contributed by atoms with van der Waals surface area (Å²) < 4.78 is 9.65. The Hall–Kier alpha value is -2.93. The molecule has 2 N–H and O–H groups in total. The maximum absolute atomic E-state index is 12.3. The Morgan fingerprint density at radius 1 is 1.12 bits per heavy atom. The van der Waals surface area contributed by atoms with Crippen LogP contribution < -0.4 is 10.6 Å². The number of ether oxygens (including phenoxy) is 2. The Labute approximate surface area is 140 Å². The average molecular weight is 329 g/mol. The summed E-state index contributed by atoms with van der Waals surface area (Å²) >= 11 is 0. The van der Waals surface area contributed by atoms with E-state index in [0.717, 1.165) is 5.69 Å². The number of carbonyl (C=O) groups excluding carboxylic acids is 2. The molecule has 1 heterocycles. The van der Waals surface area contributed by atoms with Gasteiger partial charge in [0.2, 0.25) is 0 Å². The highest BCUT2D eigenvalue weighted by molar-refractivity contribution is 6.07. The standard InChI is InChI=1S/C17H19N3O4/c1-23-10-9-18-12-7-8-15(19-11-12)16(21)20-14-6-4-3-5-13(14)17(22)24-2/h3-8,11,18H,9-10H2,1-2H3,(H,20,21). The second kappa shape index (κ2) is 8.64. The zero-order valence-corrected chi connectivity index (χ0v) is 13.5. The van der Waals surface area contributed by atoms with E-state index in [2.05, 4.69) is 15.6 Å². The molecule has 0 bridgehead atoms. The molecule has 1 aromatic heterocycles. The number of benzene rings is 1. The van der Waals surface area contributed by atoms with Gasteiger partial charge in [-0.05, 0) is 24.3 Å². The first-order valence-electron chi connectivity index (χ1n) is 7.33. The van der Waals surface area contributed by atoms with Crippen LogP contribution in [0.1, 0.15) is 20.8 Å². The number of nitrogens with one attached hydrogen (secondary N) is 2. The van der Waals surface area contributed by atoms with Gasteiger partial charge in [-0.15, -0.1) is 0 Å². The SMILES string of the molecule is COCCNc1ccc(C(=O)Nc2ccccc2C(=O)OC)nc1. The first-order chi connectivity index (χ1) is 11.7. The molecule has 0 radical (unpaired) electrons. The van der Waals surface area contributed by atoms with Crippen LogP contribution in [0.5, 0.6) is 0 Å². The van der Waals surface area contributed by atoms with Crippen molar-refractivity contribution in [1.82, 2.24) is 4.98 Å². The number of para-hydroxylation sites is 1. The Kier molecular flexibility index (Phi) is 6.27. The second-order valence-electron chi connectivity index (χ2n) is 4.84. The molecule has 7 heteroatoms. The van der Waals surface area contributed by atoms with E-state index in [4.69, 9.17) is 9.47 Å². The van der Waals surface area contributed by atoms with E-state index in [1.54, 1.807) is 49.7 Å². The van der Waals surface area contributed by atoms with Crippen molar-refractivity contribution >= 4 is 23.3 Å². The highest BCUT2D eigenvalue weighted by Gasteiger charge is 2.14. The number of rotatable bonds is 7. The summed E-state index contributed by atoms with van der Waals surface area (Å²) in [6, 6.07) is 9.98.